The summed E-state index contributed by atoms with van der Waals surface area (Å²) < 4.78 is 27.3. The molecule has 1 saturated heterocycles. The van der Waals surface area contributed by atoms with Crippen LogP contribution in [0.1, 0.15) is 36.6 Å². The standard InChI is InChI=1S/C13H21NO3S2/c1-9-8-13(18-11(9)3)19(16,17)14-7-5-4-6-12(14)10(2)15/h8,10,12,15H,4-7H2,1-3H3/t10-,12+/m0/s1. The van der Waals surface area contributed by atoms with Crippen LogP contribution in [0.15, 0.2) is 10.3 Å². The van der Waals surface area contributed by atoms with Crippen molar-refractivity contribution in [1.82, 2.24) is 4.31 Å². The molecular formula is C13H21NO3S2. The summed E-state index contributed by atoms with van der Waals surface area (Å²) in [5, 5.41) is 9.81. The van der Waals surface area contributed by atoms with E-state index in [1.165, 1.54) is 15.6 Å². The molecule has 4 nitrogen and oxygen atoms in total. The van der Waals surface area contributed by atoms with E-state index in [2.05, 4.69) is 0 Å². The maximum Gasteiger partial charge on any atom is 0.252 e. The summed E-state index contributed by atoms with van der Waals surface area (Å²) in [5.74, 6) is 0. The van der Waals surface area contributed by atoms with Gasteiger partial charge in [0, 0.05) is 11.4 Å². The first-order valence-corrected chi connectivity index (χ1v) is 8.86. The minimum atomic E-state index is -3.47. The number of hydrogen-bond donors (Lipinski definition) is 1. The van der Waals surface area contributed by atoms with E-state index < -0.39 is 16.1 Å². The van der Waals surface area contributed by atoms with Crippen molar-refractivity contribution in [2.24, 2.45) is 0 Å². The molecule has 1 aliphatic heterocycles. The van der Waals surface area contributed by atoms with Gasteiger partial charge >= 0.3 is 0 Å². The van der Waals surface area contributed by atoms with Crippen LogP contribution in [0.4, 0.5) is 0 Å². The van der Waals surface area contributed by atoms with E-state index in [1.807, 2.05) is 13.8 Å². The van der Waals surface area contributed by atoms with Crippen LogP contribution in [0.3, 0.4) is 0 Å². The second-order valence-corrected chi connectivity index (χ2v) is 8.60. The second kappa shape index (κ2) is 5.52. The van der Waals surface area contributed by atoms with E-state index in [4.69, 9.17) is 0 Å². The average Bonchev–Trinajstić information content (AvgIpc) is 2.70. The van der Waals surface area contributed by atoms with Gasteiger partial charge in [0.1, 0.15) is 4.21 Å². The van der Waals surface area contributed by atoms with Crippen molar-refractivity contribution in [3.8, 4) is 0 Å². The molecule has 2 rings (SSSR count). The Bertz CT molecular complexity index is 529. The fourth-order valence-electron chi connectivity index (χ4n) is 2.49. The van der Waals surface area contributed by atoms with Crippen molar-refractivity contribution in [3.05, 3.63) is 16.5 Å². The normalized spacial score (nSPS) is 23.5. The highest BCUT2D eigenvalue weighted by atomic mass is 32.2. The van der Waals surface area contributed by atoms with E-state index in [-0.39, 0.29) is 6.04 Å². The zero-order chi connectivity index (χ0) is 14.2. The largest absolute Gasteiger partial charge is 0.392 e. The number of thiophene rings is 1. The Kier molecular flexibility index (Phi) is 4.35. The van der Waals surface area contributed by atoms with E-state index in [9.17, 15) is 13.5 Å². The van der Waals surface area contributed by atoms with Gasteiger partial charge in [-0.25, -0.2) is 8.42 Å². The molecule has 0 aromatic carbocycles. The molecule has 0 aliphatic carbocycles. The Balaban J connectivity index is 2.37. The van der Waals surface area contributed by atoms with Gasteiger partial charge in [0.05, 0.1) is 12.1 Å². The van der Waals surface area contributed by atoms with Crippen LogP contribution < -0.4 is 0 Å². The zero-order valence-electron chi connectivity index (χ0n) is 11.6. The van der Waals surface area contributed by atoms with E-state index >= 15 is 0 Å². The van der Waals surface area contributed by atoms with Gasteiger partial charge in [-0.05, 0) is 45.2 Å². The highest BCUT2D eigenvalue weighted by molar-refractivity contribution is 7.91. The lowest BCUT2D eigenvalue weighted by Gasteiger charge is -2.35. The molecule has 0 bridgehead atoms. The van der Waals surface area contributed by atoms with Crippen molar-refractivity contribution in [2.75, 3.05) is 6.54 Å². The first kappa shape index (κ1) is 15.0. The molecule has 108 valence electrons. The van der Waals surface area contributed by atoms with Gasteiger partial charge < -0.3 is 5.11 Å². The van der Waals surface area contributed by atoms with Crippen molar-refractivity contribution < 1.29 is 13.5 Å². The Morgan fingerprint density at radius 1 is 1.42 bits per heavy atom. The van der Waals surface area contributed by atoms with Gasteiger partial charge in [-0.1, -0.05) is 6.42 Å². The number of rotatable bonds is 3. The molecule has 0 saturated carbocycles. The fraction of sp³-hybridized carbons (Fsp3) is 0.692. The third-order valence-electron chi connectivity index (χ3n) is 3.76. The van der Waals surface area contributed by atoms with Gasteiger partial charge in [-0.2, -0.15) is 4.31 Å². The highest BCUT2D eigenvalue weighted by Gasteiger charge is 2.36. The zero-order valence-corrected chi connectivity index (χ0v) is 13.2. The van der Waals surface area contributed by atoms with Gasteiger partial charge in [0.15, 0.2) is 0 Å². The first-order valence-electron chi connectivity index (χ1n) is 6.61. The number of hydrogen-bond acceptors (Lipinski definition) is 4. The third-order valence-corrected chi connectivity index (χ3v) is 7.29. The highest BCUT2D eigenvalue weighted by Crippen LogP contribution is 2.32. The molecule has 0 amide bonds. The molecule has 2 heterocycles. The number of piperidine rings is 1. The van der Waals surface area contributed by atoms with Crippen LogP contribution in [0.5, 0.6) is 0 Å². The summed E-state index contributed by atoms with van der Waals surface area (Å²) in [7, 11) is -3.47. The minimum Gasteiger partial charge on any atom is -0.392 e. The number of sulfonamides is 1. The van der Waals surface area contributed by atoms with Gasteiger partial charge in [0.2, 0.25) is 0 Å². The van der Waals surface area contributed by atoms with Crippen molar-refractivity contribution >= 4 is 21.4 Å². The molecule has 0 unspecified atom stereocenters. The molecule has 1 N–H and O–H groups in total. The minimum absolute atomic E-state index is 0.290. The summed E-state index contributed by atoms with van der Waals surface area (Å²) in [5.41, 5.74) is 1.01. The maximum atomic E-state index is 12.7. The van der Waals surface area contributed by atoms with Crippen molar-refractivity contribution in [2.45, 2.75) is 56.4 Å². The van der Waals surface area contributed by atoms with Crippen LogP contribution in [0.25, 0.3) is 0 Å². The molecule has 1 fully saturated rings. The topological polar surface area (TPSA) is 57.6 Å². The summed E-state index contributed by atoms with van der Waals surface area (Å²) in [4.78, 5) is 1.03. The molecule has 1 aromatic heterocycles. The molecule has 19 heavy (non-hydrogen) atoms. The first-order chi connectivity index (χ1) is 8.84. The van der Waals surface area contributed by atoms with E-state index in [0.717, 1.165) is 29.7 Å². The van der Waals surface area contributed by atoms with Gasteiger partial charge in [-0.15, -0.1) is 11.3 Å². The van der Waals surface area contributed by atoms with Crippen LogP contribution in [0.2, 0.25) is 0 Å². The number of aliphatic hydroxyl groups is 1. The van der Waals surface area contributed by atoms with Gasteiger partial charge in [0.25, 0.3) is 10.0 Å². The van der Waals surface area contributed by atoms with Crippen LogP contribution in [-0.4, -0.2) is 36.5 Å². The molecule has 1 aliphatic rings. The molecule has 2 atom stereocenters. The average molecular weight is 303 g/mol. The second-order valence-electron chi connectivity index (χ2n) is 5.22. The molecule has 6 heteroatoms. The summed E-state index contributed by atoms with van der Waals surface area (Å²) in [6.07, 6.45) is 1.95. The number of aliphatic hydroxyl groups excluding tert-OH is 1. The molecular weight excluding hydrogens is 282 g/mol. The predicted octanol–water partition coefficient (Wildman–Crippen LogP) is 2.29. The number of aryl methyl sites for hydroxylation is 2. The van der Waals surface area contributed by atoms with Gasteiger partial charge in [-0.3, -0.25) is 0 Å². The van der Waals surface area contributed by atoms with Crippen LogP contribution >= 0.6 is 11.3 Å². The predicted molar refractivity (Wildman–Crippen MR) is 77.0 cm³/mol. The SMILES string of the molecule is Cc1cc(S(=O)(=O)N2CCCC[C@@H]2[C@H](C)O)sc1C. The Morgan fingerprint density at radius 2 is 2.11 bits per heavy atom. The lowest BCUT2D eigenvalue weighted by Crippen LogP contribution is -2.48. The fourth-order valence-corrected chi connectivity index (χ4v) is 5.90. The van der Waals surface area contributed by atoms with Crippen molar-refractivity contribution in [3.63, 3.8) is 0 Å². The van der Waals surface area contributed by atoms with Crippen LogP contribution in [-0.2, 0) is 10.0 Å². The van der Waals surface area contributed by atoms with Crippen molar-refractivity contribution in [1.29, 1.82) is 0 Å². The van der Waals surface area contributed by atoms with E-state index in [0.29, 0.717) is 10.8 Å². The summed E-state index contributed by atoms with van der Waals surface area (Å²) in [6, 6.07) is 1.45. The summed E-state index contributed by atoms with van der Waals surface area (Å²) in [6.45, 7) is 6.03. The smallest absolute Gasteiger partial charge is 0.252 e. The van der Waals surface area contributed by atoms with E-state index in [1.54, 1.807) is 13.0 Å². The molecule has 1 aromatic rings. The lowest BCUT2D eigenvalue weighted by atomic mass is 10.0. The Morgan fingerprint density at radius 3 is 2.63 bits per heavy atom. The quantitative estimate of drug-likeness (QED) is 0.932. The maximum absolute atomic E-state index is 12.7. The number of nitrogens with zero attached hydrogens (tertiary/aromatic N) is 1. The Labute approximate surface area is 119 Å². The molecule has 0 radical (unpaired) electrons. The third kappa shape index (κ3) is 2.86. The monoisotopic (exact) mass is 303 g/mol. The summed E-state index contributed by atoms with van der Waals surface area (Å²) >= 11 is 1.32. The van der Waals surface area contributed by atoms with Crippen LogP contribution in [0, 0.1) is 13.8 Å². The Hall–Kier alpha value is -0.430. The lowest BCUT2D eigenvalue weighted by molar-refractivity contribution is 0.0832. The molecule has 0 spiro atoms.